The number of aromatic nitrogens is 1. The molecule has 2 aliphatic rings. The Labute approximate surface area is 187 Å². The molecule has 2 aromatic rings. The van der Waals surface area contributed by atoms with Crippen LogP contribution in [-0.2, 0) is 12.8 Å². The molecule has 1 fully saturated rings. The van der Waals surface area contributed by atoms with Gasteiger partial charge in [0.15, 0.2) is 0 Å². The summed E-state index contributed by atoms with van der Waals surface area (Å²) >= 11 is 0. The highest BCUT2D eigenvalue weighted by atomic mass is 15.1. The fraction of sp³-hybridized carbons (Fsp3) is 0.500. The molecule has 4 rings (SSSR count). The molecule has 2 aliphatic heterocycles. The Morgan fingerprint density at radius 3 is 2.45 bits per heavy atom. The van der Waals surface area contributed by atoms with Crippen molar-refractivity contribution in [1.82, 2.24) is 20.5 Å². The molecule has 5 nitrogen and oxygen atoms in total. The minimum Gasteiger partial charge on any atom is -0.384 e. The van der Waals surface area contributed by atoms with Gasteiger partial charge in [-0.1, -0.05) is 19.9 Å². The first-order chi connectivity index (χ1) is 15.1. The number of hydrogen-bond donors (Lipinski definition) is 3. The third-order valence-corrected chi connectivity index (χ3v) is 6.49. The van der Waals surface area contributed by atoms with Gasteiger partial charge in [0, 0.05) is 48.9 Å². The van der Waals surface area contributed by atoms with E-state index in [4.69, 9.17) is 4.98 Å². The van der Waals surface area contributed by atoms with Gasteiger partial charge < -0.3 is 20.9 Å². The Morgan fingerprint density at radius 1 is 1.06 bits per heavy atom. The minimum absolute atomic E-state index is 0.635. The quantitative estimate of drug-likeness (QED) is 0.540. The van der Waals surface area contributed by atoms with Crippen LogP contribution in [0.25, 0.3) is 16.5 Å². The molecule has 0 unspecified atom stereocenters. The van der Waals surface area contributed by atoms with Crippen LogP contribution in [0.3, 0.4) is 0 Å². The maximum Gasteiger partial charge on any atom is 0.0733 e. The molecule has 0 aliphatic carbocycles. The SMILES string of the molecule is CCc1cc2nc(C3=CC=C(C4CNC4)NC3)cc(NCCCN(C)C)c2cc1CC. The lowest BCUT2D eigenvalue weighted by Gasteiger charge is -2.32. The second-order valence-electron chi connectivity index (χ2n) is 9.01. The topological polar surface area (TPSA) is 52.2 Å². The summed E-state index contributed by atoms with van der Waals surface area (Å²) in [4.78, 5) is 7.34. The van der Waals surface area contributed by atoms with Gasteiger partial charge in [-0.3, -0.25) is 0 Å². The summed E-state index contributed by atoms with van der Waals surface area (Å²) in [6.45, 7) is 9.53. The lowest BCUT2D eigenvalue weighted by Crippen LogP contribution is -2.46. The van der Waals surface area contributed by atoms with E-state index in [0.29, 0.717) is 5.92 Å². The number of fused-ring (bicyclic) bond motifs is 1. The van der Waals surface area contributed by atoms with Crippen molar-refractivity contribution in [2.24, 2.45) is 5.92 Å². The molecule has 0 spiro atoms. The Kier molecular flexibility index (Phi) is 6.93. The zero-order valence-corrected chi connectivity index (χ0v) is 19.5. The van der Waals surface area contributed by atoms with E-state index in [9.17, 15) is 0 Å². The normalized spacial score (nSPS) is 16.7. The molecule has 0 bridgehead atoms. The molecule has 1 aromatic carbocycles. The molecule has 0 saturated carbocycles. The van der Waals surface area contributed by atoms with Crippen LogP contribution in [0, 0.1) is 5.92 Å². The first-order valence-corrected chi connectivity index (χ1v) is 11.8. The van der Waals surface area contributed by atoms with Crippen LogP contribution in [0.5, 0.6) is 0 Å². The maximum absolute atomic E-state index is 5.11. The Morgan fingerprint density at radius 2 is 1.84 bits per heavy atom. The first-order valence-electron chi connectivity index (χ1n) is 11.8. The Balaban J connectivity index is 1.68. The molecule has 3 N–H and O–H groups in total. The smallest absolute Gasteiger partial charge is 0.0733 e. The number of rotatable bonds is 9. The van der Waals surface area contributed by atoms with Gasteiger partial charge >= 0.3 is 0 Å². The number of allylic oxidation sites excluding steroid dienone is 2. The lowest BCUT2D eigenvalue weighted by atomic mass is 9.95. The van der Waals surface area contributed by atoms with Crippen molar-refractivity contribution in [1.29, 1.82) is 0 Å². The molecule has 0 amide bonds. The van der Waals surface area contributed by atoms with Gasteiger partial charge in [0.25, 0.3) is 0 Å². The van der Waals surface area contributed by atoms with Gasteiger partial charge in [-0.15, -0.1) is 0 Å². The van der Waals surface area contributed by atoms with E-state index in [1.165, 1.54) is 33.5 Å². The summed E-state index contributed by atoms with van der Waals surface area (Å²) in [5, 5.41) is 11.9. The van der Waals surface area contributed by atoms with Crippen LogP contribution >= 0.6 is 0 Å². The summed E-state index contributed by atoms with van der Waals surface area (Å²) in [5.41, 5.74) is 8.83. The molecular formula is C26H37N5. The lowest BCUT2D eigenvalue weighted by molar-refractivity contribution is 0.382. The van der Waals surface area contributed by atoms with Crippen LogP contribution in [0.4, 0.5) is 5.69 Å². The molecule has 0 radical (unpaired) electrons. The van der Waals surface area contributed by atoms with Gasteiger partial charge in [-0.25, -0.2) is 4.98 Å². The molecule has 5 heteroatoms. The van der Waals surface area contributed by atoms with Crippen molar-refractivity contribution in [3.8, 4) is 0 Å². The summed E-state index contributed by atoms with van der Waals surface area (Å²) in [6.07, 6.45) is 7.72. The van der Waals surface area contributed by atoms with E-state index in [0.717, 1.165) is 63.2 Å². The third-order valence-electron chi connectivity index (χ3n) is 6.49. The van der Waals surface area contributed by atoms with Crippen molar-refractivity contribution < 1.29 is 0 Å². The number of benzene rings is 1. The van der Waals surface area contributed by atoms with E-state index in [-0.39, 0.29) is 0 Å². The largest absolute Gasteiger partial charge is 0.384 e. The van der Waals surface area contributed by atoms with Crippen LogP contribution in [-0.4, -0.2) is 56.7 Å². The van der Waals surface area contributed by atoms with E-state index in [2.05, 4.69) is 79.1 Å². The number of dihydropyridines is 1. The summed E-state index contributed by atoms with van der Waals surface area (Å²) < 4.78 is 0. The number of anilines is 1. The number of nitrogens with one attached hydrogen (secondary N) is 3. The molecule has 31 heavy (non-hydrogen) atoms. The van der Waals surface area contributed by atoms with E-state index in [1.807, 2.05) is 0 Å². The second-order valence-corrected chi connectivity index (χ2v) is 9.01. The average Bonchev–Trinajstić information content (AvgIpc) is 2.74. The van der Waals surface area contributed by atoms with Crippen LogP contribution in [0.15, 0.2) is 36.0 Å². The standard InChI is InChI=1S/C26H37N5/c1-5-18-12-22-25(28-10-7-11-31(3)4)14-24(30-26(22)13-19(18)6-2)20-8-9-23(29-17-20)21-15-27-16-21/h8-9,12-14,21,27,29H,5-7,10-11,15-17H2,1-4H3,(H,28,30). The van der Waals surface area contributed by atoms with Crippen molar-refractivity contribution in [3.63, 3.8) is 0 Å². The zero-order valence-electron chi connectivity index (χ0n) is 19.5. The molecule has 3 heterocycles. The minimum atomic E-state index is 0.635. The van der Waals surface area contributed by atoms with Crippen molar-refractivity contribution in [3.05, 3.63) is 52.9 Å². The molecule has 1 aromatic heterocycles. The number of nitrogens with zero attached hydrogens (tertiary/aromatic N) is 2. The van der Waals surface area contributed by atoms with Gasteiger partial charge in [0.05, 0.1) is 11.2 Å². The van der Waals surface area contributed by atoms with E-state index < -0.39 is 0 Å². The van der Waals surface area contributed by atoms with Crippen LogP contribution in [0.1, 0.15) is 37.1 Å². The molecular weight excluding hydrogens is 382 g/mol. The van der Waals surface area contributed by atoms with E-state index >= 15 is 0 Å². The average molecular weight is 420 g/mol. The van der Waals surface area contributed by atoms with Crippen LogP contribution in [0.2, 0.25) is 0 Å². The molecule has 0 atom stereocenters. The highest BCUT2D eigenvalue weighted by Gasteiger charge is 2.23. The number of aryl methyl sites for hydroxylation is 2. The number of pyridine rings is 1. The predicted octanol–water partition coefficient (Wildman–Crippen LogP) is 3.81. The first kappa shape index (κ1) is 21.8. The second kappa shape index (κ2) is 9.84. The monoisotopic (exact) mass is 419 g/mol. The summed E-state index contributed by atoms with van der Waals surface area (Å²) in [7, 11) is 4.26. The maximum atomic E-state index is 5.11. The zero-order chi connectivity index (χ0) is 21.8. The fourth-order valence-corrected chi connectivity index (χ4v) is 4.42. The Hall–Kier alpha value is -2.37. The van der Waals surface area contributed by atoms with Crippen molar-refractivity contribution in [2.45, 2.75) is 33.1 Å². The Bertz CT molecular complexity index is 985. The highest BCUT2D eigenvalue weighted by molar-refractivity contribution is 5.94. The highest BCUT2D eigenvalue weighted by Crippen LogP contribution is 2.30. The van der Waals surface area contributed by atoms with Gasteiger partial charge in [-0.2, -0.15) is 0 Å². The van der Waals surface area contributed by atoms with Gasteiger partial charge in [-0.05, 0) is 80.9 Å². The molecule has 166 valence electrons. The van der Waals surface area contributed by atoms with E-state index in [1.54, 1.807) is 0 Å². The fourth-order valence-electron chi connectivity index (χ4n) is 4.42. The predicted molar refractivity (Wildman–Crippen MR) is 133 cm³/mol. The van der Waals surface area contributed by atoms with Gasteiger partial charge in [0.1, 0.15) is 0 Å². The van der Waals surface area contributed by atoms with Crippen LogP contribution < -0.4 is 16.0 Å². The summed E-state index contributed by atoms with van der Waals surface area (Å²) in [5.74, 6) is 0.635. The van der Waals surface area contributed by atoms with Crippen molar-refractivity contribution in [2.75, 3.05) is 52.1 Å². The molecule has 1 saturated heterocycles. The summed E-state index contributed by atoms with van der Waals surface area (Å²) in [6, 6.07) is 6.91. The van der Waals surface area contributed by atoms with Crippen molar-refractivity contribution >= 4 is 22.2 Å². The number of hydrogen-bond acceptors (Lipinski definition) is 5. The third kappa shape index (κ3) is 4.94. The van der Waals surface area contributed by atoms with Gasteiger partial charge in [0.2, 0.25) is 0 Å².